The number of nitrogens with one attached hydrogen (secondary N) is 1. The van der Waals surface area contributed by atoms with Gasteiger partial charge >= 0.3 is 13.6 Å². The van der Waals surface area contributed by atoms with Crippen LogP contribution < -0.4 is 4.52 Å². The van der Waals surface area contributed by atoms with Crippen LogP contribution in [-0.2, 0) is 23.4 Å². The van der Waals surface area contributed by atoms with Crippen LogP contribution >= 0.6 is 32.0 Å². The van der Waals surface area contributed by atoms with E-state index in [2.05, 4.69) is 4.98 Å². The van der Waals surface area contributed by atoms with Gasteiger partial charge in [0.1, 0.15) is 17.0 Å². The fraction of sp³-hybridized carbons (Fsp3) is 0.458. The molecule has 1 aromatic carbocycles. The SMILES string of the molecule is C#CC1(O)[C@@H](O)[C@@](F)(COP(=O)(C[C@@H](C)C(=O)OC(C)C)Oc2ccccc2)O[C@H]1n1ccc(=S)[nH]c1=S. The number of esters is 1. The van der Waals surface area contributed by atoms with Gasteiger partial charge in [-0.05, 0) is 44.3 Å². The molecular formula is C24H28FN2O8PS2. The molecule has 0 bridgehead atoms. The van der Waals surface area contributed by atoms with Crippen molar-refractivity contribution >= 4 is 38.0 Å². The number of aromatic amines is 1. The van der Waals surface area contributed by atoms with Gasteiger partial charge < -0.3 is 29.2 Å². The van der Waals surface area contributed by atoms with Gasteiger partial charge in [0, 0.05) is 6.20 Å². The minimum atomic E-state index is -4.29. The summed E-state index contributed by atoms with van der Waals surface area (Å²) >= 11 is 10.2. The van der Waals surface area contributed by atoms with Crippen molar-refractivity contribution in [2.45, 2.75) is 50.7 Å². The van der Waals surface area contributed by atoms with Gasteiger partial charge in [0.2, 0.25) is 5.60 Å². The van der Waals surface area contributed by atoms with E-state index in [0.29, 0.717) is 0 Å². The third-order valence-electron chi connectivity index (χ3n) is 5.54. The van der Waals surface area contributed by atoms with E-state index in [1.165, 1.54) is 31.3 Å². The Balaban J connectivity index is 1.90. The van der Waals surface area contributed by atoms with E-state index in [9.17, 15) is 19.6 Å². The molecule has 3 rings (SSSR count). The van der Waals surface area contributed by atoms with Crippen LogP contribution in [0.5, 0.6) is 5.75 Å². The predicted octanol–water partition coefficient (Wildman–Crippen LogP) is 4.07. The number of terminal acetylenes is 1. The molecule has 1 aliphatic heterocycles. The Morgan fingerprint density at radius 3 is 2.55 bits per heavy atom. The average molecular weight is 587 g/mol. The van der Waals surface area contributed by atoms with Gasteiger partial charge in [-0.3, -0.25) is 13.9 Å². The lowest BCUT2D eigenvalue weighted by Crippen LogP contribution is -2.50. The van der Waals surface area contributed by atoms with Crippen LogP contribution in [-0.4, -0.2) is 62.2 Å². The number of rotatable bonds is 10. The topological polar surface area (TPSA) is 132 Å². The zero-order valence-electron chi connectivity index (χ0n) is 20.8. The predicted molar refractivity (Wildman–Crippen MR) is 140 cm³/mol. The normalized spacial score (nSPS) is 27.3. The molecule has 14 heteroatoms. The van der Waals surface area contributed by atoms with Crippen molar-refractivity contribution in [2.24, 2.45) is 5.92 Å². The van der Waals surface area contributed by atoms with Crippen LogP contribution in [0, 0.1) is 27.7 Å². The highest BCUT2D eigenvalue weighted by Gasteiger charge is 2.65. The lowest BCUT2D eigenvalue weighted by molar-refractivity contribution is -0.203. The first-order chi connectivity index (χ1) is 17.7. The summed E-state index contributed by atoms with van der Waals surface area (Å²) < 4.78 is 52.6. The summed E-state index contributed by atoms with van der Waals surface area (Å²) in [4.78, 5) is 15.0. The highest BCUT2D eigenvalue weighted by Crippen LogP contribution is 2.53. The Hall–Kier alpha value is -2.43. The number of benzene rings is 1. The number of aliphatic hydroxyl groups excluding tert-OH is 1. The van der Waals surface area contributed by atoms with Crippen LogP contribution in [0.2, 0.25) is 0 Å². The summed E-state index contributed by atoms with van der Waals surface area (Å²) in [5.41, 5.74) is -2.61. The standard InChI is InChI=1S/C24H28FN2O8PS2/c1-5-23(30)20(29)24(25,34-21(23)27-12-11-18(37)26-22(27)38)14-32-36(31,35-17-9-7-6-8-10-17)13-16(4)19(28)33-15(2)3/h1,6-12,15-16,20-21,29-30H,13-14H2,2-4H3,(H,26,37,38)/t16-,20-,21-,23?,24-,36?/m1/s1. The maximum atomic E-state index is 16.1. The number of para-hydroxylation sites is 1. The van der Waals surface area contributed by atoms with Gasteiger partial charge in [-0.25, -0.2) is 8.96 Å². The molecule has 2 heterocycles. The molecule has 0 amide bonds. The van der Waals surface area contributed by atoms with E-state index in [1.54, 1.807) is 32.0 Å². The lowest BCUT2D eigenvalue weighted by Gasteiger charge is -2.28. The molecule has 0 saturated carbocycles. The number of halogens is 1. The van der Waals surface area contributed by atoms with Gasteiger partial charge in [0.25, 0.3) is 5.85 Å². The zero-order chi connectivity index (χ0) is 28.3. The molecular weight excluding hydrogens is 558 g/mol. The first-order valence-electron chi connectivity index (χ1n) is 11.5. The lowest BCUT2D eigenvalue weighted by atomic mass is 9.94. The van der Waals surface area contributed by atoms with Crippen molar-refractivity contribution in [3.63, 3.8) is 0 Å². The molecule has 38 heavy (non-hydrogen) atoms. The van der Waals surface area contributed by atoms with Gasteiger partial charge in [-0.15, -0.1) is 6.42 Å². The summed E-state index contributed by atoms with van der Waals surface area (Å²) in [6.45, 7) is 3.58. The molecule has 2 unspecified atom stereocenters. The van der Waals surface area contributed by atoms with E-state index in [-0.39, 0.29) is 15.2 Å². The van der Waals surface area contributed by atoms with Crippen LogP contribution in [0.1, 0.15) is 27.0 Å². The number of aliphatic hydroxyl groups is 2. The largest absolute Gasteiger partial charge is 0.463 e. The van der Waals surface area contributed by atoms with Crippen molar-refractivity contribution in [3.8, 4) is 18.1 Å². The number of carbonyl (C=O) groups is 1. The number of aromatic nitrogens is 2. The Kier molecular flexibility index (Phi) is 9.32. The second-order valence-corrected chi connectivity index (χ2v) is 11.9. The van der Waals surface area contributed by atoms with Crippen molar-refractivity contribution in [2.75, 3.05) is 12.8 Å². The number of nitrogens with zero attached hydrogens (tertiary/aromatic N) is 1. The highest BCUT2D eigenvalue weighted by atomic mass is 32.1. The van der Waals surface area contributed by atoms with E-state index >= 15 is 4.39 Å². The maximum Gasteiger partial charge on any atom is 0.380 e. The van der Waals surface area contributed by atoms with Crippen molar-refractivity contribution in [1.82, 2.24) is 9.55 Å². The summed E-state index contributed by atoms with van der Waals surface area (Å²) in [6, 6.07) is 9.31. The Morgan fingerprint density at radius 2 is 1.97 bits per heavy atom. The van der Waals surface area contributed by atoms with Crippen LogP contribution in [0.4, 0.5) is 4.39 Å². The first kappa shape index (κ1) is 30.1. The van der Waals surface area contributed by atoms with Crippen molar-refractivity contribution in [1.29, 1.82) is 0 Å². The summed E-state index contributed by atoms with van der Waals surface area (Å²) in [5, 5.41) is 21.7. The summed E-state index contributed by atoms with van der Waals surface area (Å²) in [6.07, 6.45) is 1.79. The maximum absolute atomic E-state index is 16.1. The number of hydrogen-bond donors (Lipinski definition) is 3. The smallest absolute Gasteiger partial charge is 0.380 e. The molecule has 1 saturated heterocycles. The van der Waals surface area contributed by atoms with E-state index < -0.39 is 62.1 Å². The van der Waals surface area contributed by atoms with Gasteiger partial charge in [0.05, 0.1) is 18.2 Å². The molecule has 1 fully saturated rings. The van der Waals surface area contributed by atoms with Crippen molar-refractivity contribution in [3.05, 3.63) is 52.0 Å². The fourth-order valence-electron chi connectivity index (χ4n) is 3.65. The number of alkyl halides is 1. The number of hydrogen-bond acceptors (Lipinski definition) is 10. The Morgan fingerprint density at radius 1 is 1.32 bits per heavy atom. The monoisotopic (exact) mass is 586 g/mol. The summed E-state index contributed by atoms with van der Waals surface area (Å²) in [5.74, 6) is -2.70. The highest BCUT2D eigenvalue weighted by molar-refractivity contribution is 7.72. The molecule has 0 radical (unpaired) electrons. The molecule has 0 spiro atoms. The Bertz CT molecular complexity index is 1360. The first-order valence-corrected chi connectivity index (χ1v) is 14.0. The molecule has 6 atom stereocenters. The molecule has 0 aliphatic carbocycles. The van der Waals surface area contributed by atoms with Crippen LogP contribution in [0.25, 0.3) is 0 Å². The quantitative estimate of drug-likeness (QED) is 0.162. The minimum Gasteiger partial charge on any atom is -0.463 e. The minimum absolute atomic E-state index is 0.0656. The van der Waals surface area contributed by atoms with Crippen LogP contribution in [0.3, 0.4) is 0 Å². The third kappa shape index (κ3) is 6.58. The third-order valence-corrected chi connectivity index (χ3v) is 8.10. The number of ether oxygens (including phenoxy) is 2. The number of H-pyrrole nitrogens is 1. The van der Waals surface area contributed by atoms with Crippen LogP contribution in [0.15, 0.2) is 42.6 Å². The van der Waals surface area contributed by atoms with Gasteiger partial charge in [-0.2, -0.15) is 0 Å². The molecule has 10 nitrogen and oxygen atoms in total. The molecule has 1 aromatic heterocycles. The Labute approximate surface area is 229 Å². The molecule has 1 aliphatic rings. The molecule has 3 N–H and O–H groups in total. The fourth-order valence-corrected chi connectivity index (χ4v) is 6.01. The number of carbonyl (C=O) groups excluding carboxylic acids is 1. The molecule has 2 aromatic rings. The summed E-state index contributed by atoms with van der Waals surface area (Å²) in [7, 11) is -4.29. The van der Waals surface area contributed by atoms with E-state index in [1.807, 2.05) is 5.92 Å². The second kappa shape index (κ2) is 11.8. The zero-order valence-corrected chi connectivity index (χ0v) is 23.3. The van der Waals surface area contributed by atoms with E-state index in [0.717, 1.165) is 4.57 Å². The second-order valence-electron chi connectivity index (χ2n) is 9.00. The van der Waals surface area contributed by atoms with Gasteiger partial charge in [-0.1, -0.05) is 43.3 Å². The van der Waals surface area contributed by atoms with E-state index in [4.69, 9.17) is 49.4 Å². The van der Waals surface area contributed by atoms with Gasteiger partial charge in [0.15, 0.2) is 17.1 Å². The average Bonchev–Trinajstić information content (AvgIpc) is 3.05. The molecule has 206 valence electrons. The van der Waals surface area contributed by atoms with Crippen molar-refractivity contribution < 1.29 is 42.5 Å².